The molecule has 33 heavy (non-hydrogen) atoms. The summed E-state index contributed by atoms with van der Waals surface area (Å²) >= 11 is 0.923. The van der Waals surface area contributed by atoms with Crippen LogP contribution >= 0.6 is 11.9 Å². The predicted molar refractivity (Wildman–Crippen MR) is 120 cm³/mol. The number of hydrogen-bond donors (Lipinski definition) is 3. The number of halogens is 3. The molecular formula is C23H19F3N4O2S. The van der Waals surface area contributed by atoms with Crippen LogP contribution < -0.4 is 19.7 Å². The number of nitrogens with zero attached hydrogens (tertiary/aromatic N) is 2. The highest BCUT2D eigenvalue weighted by Crippen LogP contribution is 2.44. The number of fused-ring (bicyclic) bond motifs is 2. The quantitative estimate of drug-likeness (QED) is 0.263. The van der Waals surface area contributed by atoms with Crippen LogP contribution in [0.5, 0.6) is 5.75 Å². The molecule has 0 fully saturated rings. The van der Waals surface area contributed by atoms with Gasteiger partial charge in [0.05, 0.1) is 17.1 Å². The highest BCUT2D eigenvalue weighted by Gasteiger charge is 2.30. The first-order valence-corrected chi connectivity index (χ1v) is 11.0. The molecule has 0 spiro atoms. The SMILES string of the molecule is OC=C1Oc2cc(SNc3cccc(F)n3)c(F)cc2N1Cc1cccc2c1CNCC2F. The number of aliphatic hydroxyl groups excluding tert-OH is 1. The van der Waals surface area contributed by atoms with Gasteiger partial charge in [0.2, 0.25) is 11.8 Å². The molecule has 5 rings (SSSR count). The maximum atomic E-state index is 14.9. The fourth-order valence-corrected chi connectivity index (χ4v) is 4.58. The second-order valence-corrected chi connectivity index (χ2v) is 8.39. The minimum atomic E-state index is -1.10. The van der Waals surface area contributed by atoms with Crippen molar-refractivity contribution in [3.8, 4) is 5.75 Å². The minimum absolute atomic E-state index is 0.129. The van der Waals surface area contributed by atoms with Crippen LogP contribution in [0.4, 0.5) is 24.7 Å². The summed E-state index contributed by atoms with van der Waals surface area (Å²) in [5, 5.41) is 12.8. The van der Waals surface area contributed by atoms with Crippen LogP contribution in [0.1, 0.15) is 22.9 Å². The molecule has 0 amide bonds. The molecule has 0 bridgehead atoms. The van der Waals surface area contributed by atoms with Gasteiger partial charge in [-0.15, -0.1) is 0 Å². The molecule has 0 saturated carbocycles. The summed E-state index contributed by atoms with van der Waals surface area (Å²) < 4.78 is 51.1. The average molecular weight is 472 g/mol. The van der Waals surface area contributed by atoms with Gasteiger partial charge in [0, 0.05) is 25.2 Å². The Morgan fingerprint density at radius 1 is 1.24 bits per heavy atom. The molecule has 170 valence electrons. The third-order valence-corrected chi connectivity index (χ3v) is 6.32. The Kier molecular flexibility index (Phi) is 5.77. The number of aliphatic hydroxyl groups is 1. The maximum absolute atomic E-state index is 14.9. The standard InChI is InChI=1S/C23H19F3N4O2S/c24-16-7-18-19(8-20(16)33-29-22-6-2-5-21(26)28-22)32-23(12-31)30(18)11-13-3-1-4-14-15(13)9-27-10-17(14)25/h1-8,12,17,27,31H,9-11H2,(H,28,29). The summed E-state index contributed by atoms with van der Waals surface area (Å²) in [6.45, 7) is 1.04. The molecular weight excluding hydrogens is 453 g/mol. The van der Waals surface area contributed by atoms with Crippen LogP contribution in [0, 0.1) is 11.8 Å². The average Bonchev–Trinajstić information content (AvgIpc) is 3.14. The summed E-state index contributed by atoms with van der Waals surface area (Å²) in [6, 6.07) is 12.5. The predicted octanol–water partition coefficient (Wildman–Crippen LogP) is 5.35. The fourth-order valence-electron chi connectivity index (χ4n) is 3.93. The van der Waals surface area contributed by atoms with Crippen molar-refractivity contribution >= 4 is 23.5 Å². The van der Waals surface area contributed by atoms with Crippen molar-refractivity contribution in [2.75, 3.05) is 16.2 Å². The summed E-state index contributed by atoms with van der Waals surface area (Å²) in [7, 11) is 0. The molecule has 0 aliphatic carbocycles. The number of aromatic nitrogens is 1. The van der Waals surface area contributed by atoms with E-state index in [9.17, 15) is 18.3 Å². The Morgan fingerprint density at radius 2 is 2.09 bits per heavy atom. The smallest absolute Gasteiger partial charge is 0.235 e. The lowest BCUT2D eigenvalue weighted by Gasteiger charge is -2.26. The van der Waals surface area contributed by atoms with Crippen molar-refractivity contribution in [2.45, 2.75) is 24.2 Å². The molecule has 1 unspecified atom stereocenters. The molecule has 1 aromatic heterocycles. The van der Waals surface area contributed by atoms with E-state index in [4.69, 9.17) is 4.74 Å². The normalized spacial score (nSPS) is 18.1. The van der Waals surface area contributed by atoms with Gasteiger partial charge in [0.15, 0.2) is 5.75 Å². The molecule has 3 aromatic rings. The molecule has 10 heteroatoms. The molecule has 6 nitrogen and oxygen atoms in total. The van der Waals surface area contributed by atoms with E-state index in [-0.39, 0.29) is 29.7 Å². The Hall–Kier alpha value is -3.37. The molecule has 2 aromatic carbocycles. The second-order valence-electron chi connectivity index (χ2n) is 7.54. The lowest BCUT2D eigenvalue weighted by molar-refractivity contribution is 0.309. The number of hydrogen-bond acceptors (Lipinski definition) is 7. The summed E-state index contributed by atoms with van der Waals surface area (Å²) in [5.41, 5.74) is 2.76. The van der Waals surface area contributed by atoms with Crippen LogP contribution in [0.25, 0.3) is 0 Å². The van der Waals surface area contributed by atoms with Crippen LogP contribution in [0.15, 0.2) is 65.6 Å². The van der Waals surface area contributed by atoms with Crippen molar-refractivity contribution < 1.29 is 23.0 Å². The zero-order chi connectivity index (χ0) is 22.9. The molecule has 3 heterocycles. The van der Waals surface area contributed by atoms with Gasteiger partial charge < -0.3 is 24.8 Å². The third kappa shape index (κ3) is 4.19. The maximum Gasteiger partial charge on any atom is 0.235 e. The van der Waals surface area contributed by atoms with Gasteiger partial charge in [-0.3, -0.25) is 0 Å². The number of ether oxygens (including phenoxy) is 1. The Labute approximate surface area is 192 Å². The van der Waals surface area contributed by atoms with Crippen LogP contribution in [0.2, 0.25) is 0 Å². The Morgan fingerprint density at radius 3 is 2.91 bits per heavy atom. The van der Waals surface area contributed by atoms with E-state index in [2.05, 4.69) is 15.0 Å². The number of pyridine rings is 1. The van der Waals surface area contributed by atoms with Gasteiger partial charge in [-0.05, 0) is 40.8 Å². The number of rotatable bonds is 5. The van der Waals surface area contributed by atoms with E-state index in [0.717, 1.165) is 29.3 Å². The summed E-state index contributed by atoms with van der Waals surface area (Å²) in [6.07, 6.45) is -0.286. The molecule has 0 radical (unpaired) electrons. The minimum Gasteiger partial charge on any atom is -0.510 e. The first kappa shape index (κ1) is 21.5. The van der Waals surface area contributed by atoms with E-state index in [1.165, 1.54) is 24.3 Å². The van der Waals surface area contributed by atoms with Gasteiger partial charge in [-0.1, -0.05) is 24.3 Å². The van der Waals surface area contributed by atoms with Crippen molar-refractivity contribution in [2.24, 2.45) is 0 Å². The van der Waals surface area contributed by atoms with E-state index in [1.807, 2.05) is 6.07 Å². The molecule has 1 atom stereocenters. The molecule has 3 N–H and O–H groups in total. The van der Waals surface area contributed by atoms with Gasteiger partial charge in [-0.2, -0.15) is 4.39 Å². The Balaban J connectivity index is 1.42. The van der Waals surface area contributed by atoms with Gasteiger partial charge in [-0.25, -0.2) is 13.8 Å². The van der Waals surface area contributed by atoms with E-state index in [1.54, 1.807) is 23.1 Å². The van der Waals surface area contributed by atoms with E-state index >= 15 is 0 Å². The first-order valence-electron chi connectivity index (χ1n) is 10.2. The third-order valence-electron chi connectivity index (χ3n) is 5.48. The fraction of sp³-hybridized carbons (Fsp3) is 0.174. The lowest BCUT2D eigenvalue weighted by atomic mass is 9.94. The van der Waals surface area contributed by atoms with Crippen LogP contribution in [-0.4, -0.2) is 16.6 Å². The zero-order valence-electron chi connectivity index (χ0n) is 17.2. The van der Waals surface area contributed by atoms with Gasteiger partial charge >= 0.3 is 0 Å². The van der Waals surface area contributed by atoms with Crippen molar-refractivity contribution in [3.63, 3.8) is 0 Å². The summed E-state index contributed by atoms with van der Waals surface area (Å²) in [4.78, 5) is 5.52. The molecule has 0 saturated heterocycles. The van der Waals surface area contributed by atoms with Crippen LogP contribution in [0.3, 0.4) is 0 Å². The first-order chi connectivity index (χ1) is 16.0. The largest absolute Gasteiger partial charge is 0.510 e. The number of nitrogens with one attached hydrogen (secondary N) is 2. The van der Waals surface area contributed by atoms with Crippen LogP contribution in [-0.2, 0) is 13.1 Å². The van der Waals surface area contributed by atoms with Crippen molar-refractivity contribution in [1.82, 2.24) is 10.3 Å². The monoisotopic (exact) mass is 472 g/mol. The molecule has 2 aliphatic rings. The van der Waals surface area contributed by atoms with Crippen molar-refractivity contribution in [1.29, 1.82) is 0 Å². The van der Waals surface area contributed by atoms with E-state index < -0.39 is 17.9 Å². The van der Waals surface area contributed by atoms with Crippen molar-refractivity contribution in [3.05, 3.63) is 89.1 Å². The summed E-state index contributed by atoms with van der Waals surface area (Å²) in [5.74, 6) is -0.462. The lowest BCUT2D eigenvalue weighted by Crippen LogP contribution is -2.29. The Bertz CT molecular complexity index is 1240. The molecule has 2 aliphatic heterocycles. The van der Waals surface area contributed by atoms with E-state index in [0.29, 0.717) is 23.5 Å². The topological polar surface area (TPSA) is 69.7 Å². The van der Waals surface area contributed by atoms with Gasteiger partial charge in [0.25, 0.3) is 0 Å². The number of alkyl halides is 1. The second kappa shape index (κ2) is 8.87. The highest BCUT2D eigenvalue weighted by molar-refractivity contribution is 8.00. The van der Waals surface area contributed by atoms with Gasteiger partial charge in [0.1, 0.15) is 24.1 Å². The number of benzene rings is 2. The highest BCUT2D eigenvalue weighted by atomic mass is 32.2. The zero-order valence-corrected chi connectivity index (χ0v) is 18.0. The number of anilines is 2.